The normalized spacial score (nSPS) is 20.8. The molecule has 2 unspecified atom stereocenters. The molecule has 6 nitrogen and oxygen atoms in total. The molecule has 2 rings (SSSR count). The molecule has 8 heteroatoms. The molecule has 104 valence electrons. The van der Waals surface area contributed by atoms with Gasteiger partial charge in [-0.05, 0) is 6.92 Å². The van der Waals surface area contributed by atoms with Crippen molar-refractivity contribution in [1.82, 2.24) is 15.6 Å². The second-order valence-electron chi connectivity index (χ2n) is 4.19. The van der Waals surface area contributed by atoms with Crippen LogP contribution in [0.4, 0.5) is 0 Å². The number of nitrogens with one attached hydrogen (secondary N) is 2. The largest absolute Gasteiger partial charge is 0.476 e. The van der Waals surface area contributed by atoms with Gasteiger partial charge in [0.1, 0.15) is 5.01 Å². The fourth-order valence-corrected chi connectivity index (χ4v) is 3.43. The highest BCUT2D eigenvalue weighted by Gasteiger charge is 2.23. The number of nitrogens with zero attached hydrogens (tertiary/aromatic N) is 1. The molecule has 0 aliphatic carbocycles. The Balaban J connectivity index is 1.93. The van der Waals surface area contributed by atoms with Crippen molar-refractivity contribution in [3.63, 3.8) is 0 Å². The Labute approximate surface area is 119 Å². The molecule has 2 heterocycles. The van der Waals surface area contributed by atoms with Crippen LogP contribution in [-0.2, 0) is 4.79 Å². The number of thioether (sulfide) groups is 1. The number of carbonyl (C=O) groups is 2. The number of aromatic nitrogens is 1. The molecule has 3 N–H and O–H groups in total. The molecule has 0 radical (unpaired) electrons. The Kier molecular flexibility index (Phi) is 4.78. The highest BCUT2D eigenvalue weighted by molar-refractivity contribution is 7.99. The van der Waals surface area contributed by atoms with Gasteiger partial charge in [0.2, 0.25) is 5.91 Å². The van der Waals surface area contributed by atoms with Gasteiger partial charge in [-0.2, -0.15) is 11.8 Å². The Morgan fingerprint density at radius 2 is 2.42 bits per heavy atom. The Morgan fingerprint density at radius 3 is 3.00 bits per heavy atom. The summed E-state index contributed by atoms with van der Waals surface area (Å²) in [6.45, 7) is 2.63. The van der Waals surface area contributed by atoms with Crippen molar-refractivity contribution in [3.05, 3.63) is 16.1 Å². The highest BCUT2D eigenvalue weighted by atomic mass is 32.2. The first-order valence-corrected chi connectivity index (χ1v) is 7.91. The van der Waals surface area contributed by atoms with Gasteiger partial charge in [-0.1, -0.05) is 0 Å². The molecule has 0 saturated carbocycles. The molecule has 19 heavy (non-hydrogen) atoms. The van der Waals surface area contributed by atoms with E-state index in [1.165, 1.54) is 16.7 Å². The fraction of sp³-hybridized carbons (Fsp3) is 0.545. The van der Waals surface area contributed by atoms with E-state index in [2.05, 4.69) is 15.6 Å². The minimum Gasteiger partial charge on any atom is -0.476 e. The van der Waals surface area contributed by atoms with E-state index in [0.717, 1.165) is 18.1 Å². The maximum Gasteiger partial charge on any atom is 0.355 e. The molecular formula is C11H15N3O3S2. The molecule has 1 aromatic rings. The summed E-state index contributed by atoms with van der Waals surface area (Å²) < 4.78 is 0. The average molecular weight is 301 g/mol. The molecule has 2 atom stereocenters. The first kappa shape index (κ1) is 14.3. The molecule has 1 aliphatic heterocycles. The summed E-state index contributed by atoms with van der Waals surface area (Å²) in [5.74, 6) is 0.669. The van der Waals surface area contributed by atoms with Gasteiger partial charge in [0.15, 0.2) is 5.69 Å². The zero-order valence-corrected chi connectivity index (χ0v) is 12.0. The summed E-state index contributed by atoms with van der Waals surface area (Å²) >= 11 is 2.99. The molecule has 1 aliphatic rings. The van der Waals surface area contributed by atoms with E-state index in [1.807, 2.05) is 0 Å². The van der Waals surface area contributed by atoms with E-state index in [1.54, 1.807) is 18.7 Å². The van der Waals surface area contributed by atoms with E-state index < -0.39 is 5.97 Å². The van der Waals surface area contributed by atoms with Crippen molar-refractivity contribution in [2.75, 3.05) is 18.1 Å². The van der Waals surface area contributed by atoms with Crippen LogP contribution in [0.5, 0.6) is 0 Å². The van der Waals surface area contributed by atoms with E-state index in [4.69, 9.17) is 5.11 Å². The monoisotopic (exact) mass is 301 g/mol. The molecule has 1 amide bonds. The van der Waals surface area contributed by atoms with Crippen LogP contribution in [-0.4, -0.2) is 46.1 Å². The summed E-state index contributed by atoms with van der Waals surface area (Å²) in [5.41, 5.74) is 0.0208. The van der Waals surface area contributed by atoms with E-state index in [-0.39, 0.29) is 23.7 Å². The first-order chi connectivity index (χ1) is 9.08. The van der Waals surface area contributed by atoms with Crippen LogP contribution in [0, 0.1) is 0 Å². The van der Waals surface area contributed by atoms with E-state index in [0.29, 0.717) is 5.01 Å². The number of amides is 1. The van der Waals surface area contributed by atoms with Gasteiger partial charge in [-0.15, -0.1) is 11.3 Å². The summed E-state index contributed by atoms with van der Waals surface area (Å²) in [6, 6.07) is -0.459. The van der Waals surface area contributed by atoms with Gasteiger partial charge >= 0.3 is 5.97 Å². The van der Waals surface area contributed by atoms with Gasteiger partial charge in [0, 0.05) is 23.4 Å². The number of hydrogen-bond donors (Lipinski definition) is 3. The molecule has 0 aromatic carbocycles. The van der Waals surface area contributed by atoms with Crippen LogP contribution >= 0.6 is 23.1 Å². The van der Waals surface area contributed by atoms with E-state index >= 15 is 0 Å². The number of carboxylic acids is 1. The number of carbonyl (C=O) groups excluding carboxylic acids is 1. The van der Waals surface area contributed by atoms with Crippen LogP contribution in [0.1, 0.15) is 28.5 Å². The predicted octanol–water partition coefficient (Wildman–Crippen LogP) is 0.724. The molecule has 1 aromatic heterocycles. The maximum atomic E-state index is 12.0. The quantitative estimate of drug-likeness (QED) is 0.759. The van der Waals surface area contributed by atoms with Crippen LogP contribution in [0.3, 0.4) is 0 Å². The number of rotatable bonds is 4. The number of carboxylic acid groups (broad SMARTS) is 1. The number of aromatic carboxylic acids is 1. The third-order valence-electron chi connectivity index (χ3n) is 2.71. The van der Waals surface area contributed by atoms with Gasteiger partial charge in [0.05, 0.1) is 12.1 Å². The minimum atomic E-state index is -1.05. The molecule has 0 spiro atoms. The van der Waals surface area contributed by atoms with Crippen LogP contribution in [0.2, 0.25) is 0 Å². The van der Waals surface area contributed by atoms with Gasteiger partial charge in [-0.25, -0.2) is 9.78 Å². The SMILES string of the molecule is CC(NC(=O)C1CSCCN1)c1nc(C(=O)O)cs1. The van der Waals surface area contributed by atoms with Gasteiger partial charge in [-0.3, -0.25) is 4.79 Å². The number of hydrogen-bond acceptors (Lipinski definition) is 6. The highest BCUT2D eigenvalue weighted by Crippen LogP contribution is 2.18. The van der Waals surface area contributed by atoms with Crippen molar-refractivity contribution < 1.29 is 14.7 Å². The summed E-state index contributed by atoms with van der Waals surface area (Å²) in [4.78, 5) is 26.7. The van der Waals surface area contributed by atoms with Crippen LogP contribution in [0.25, 0.3) is 0 Å². The molecule has 1 fully saturated rings. The third kappa shape index (κ3) is 3.68. The number of thiazole rings is 1. The zero-order valence-electron chi connectivity index (χ0n) is 10.4. The lowest BCUT2D eigenvalue weighted by molar-refractivity contribution is -0.123. The van der Waals surface area contributed by atoms with Crippen molar-refractivity contribution in [1.29, 1.82) is 0 Å². The van der Waals surface area contributed by atoms with Gasteiger partial charge in [0.25, 0.3) is 0 Å². The van der Waals surface area contributed by atoms with Gasteiger partial charge < -0.3 is 15.7 Å². The lowest BCUT2D eigenvalue weighted by Crippen LogP contribution is -2.49. The minimum absolute atomic E-state index is 0.0208. The Hall–Kier alpha value is -1.12. The van der Waals surface area contributed by atoms with Crippen LogP contribution in [0.15, 0.2) is 5.38 Å². The second-order valence-corrected chi connectivity index (χ2v) is 6.23. The smallest absolute Gasteiger partial charge is 0.355 e. The summed E-state index contributed by atoms with van der Waals surface area (Å²) in [7, 11) is 0. The topological polar surface area (TPSA) is 91.3 Å². The fourth-order valence-electron chi connectivity index (χ4n) is 1.69. The van der Waals surface area contributed by atoms with Crippen molar-refractivity contribution in [2.45, 2.75) is 19.0 Å². The maximum absolute atomic E-state index is 12.0. The second kappa shape index (κ2) is 6.36. The predicted molar refractivity (Wildman–Crippen MR) is 74.7 cm³/mol. The molecule has 1 saturated heterocycles. The lowest BCUT2D eigenvalue weighted by Gasteiger charge is -2.23. The van der Waals surface area contributed by atoms with Crippen LogP contribution < -0.4 is 10.6 Å². The van der Waals surface area contributed by atoms with Crippen molar-refractivity contribution >= 4 is 35.0 Å². The zero-order chi connectivity index (χ0) is 13.8. The van der Waals surface area contributed by atoms with Crippen molar-refractivity contribution in [3.8, 4) is 0 Å². The Bertz CT molecular complexity index is 472. The molecule has 0 bridgehead atoms. The Morgan fingerprint density at radius 1 is 1.63 bits per heavy atom. The first-order valence-electron chi connectivity index (χ1n) is 5.88. The summed E-state index contributed by atoms with van der Waals surface area (Å²) in [6.07, 6.45) is 0. The van der Waals surface area contributed by atoms with E-state index in [9.17, 15) is 9.59 Å². The van der Waals surface area contributed by atoms with Crippen molar-refractivity contribution in [2.24, 2.45) is 0 Å². The lowest BCUT2D eigenvalue weighted by atomic mass is 10.2. The average Bonchev–Trinajstić information content (AvgIpc) is 2.89. The standard InChI is InChI=1S/C11H15N3O3S2/c1-6(10-14-8(5-19-10)11(16)17)13-9(15)7-4-18-3-2-12-7/h5-7,12H,2-4H2,1H3,(H,13,15)(H,16,17). The summed E-state index contributed by atoms with van der Waals surface area (Å²) in [5, 5.41) is 16.9. The third-order valence-corrected chi connectivity index (χ3v) is 4.80. The molecular weight excluding hydrogens is 286 g/mol.